The Bertz CT molecular complexity index is 1100. The van der Waals surface area contributed by atoms with Crippen molar-refractivity contribution < 1.29 is 4.39 Å². The molecule has 1 N–H and O–H groups in total. The van der Waals surface area contributed by atoms with Gasteiger partial charge in [-0.2, -0.15) is 0 Å². The number of nitrogens with zero attached hydrogens (tertiary/aromatic N) is 2. The lowest BCUT2D eigenvalue weighted by atomic mass is 10.1. The fraction of sp³-hybridized carbons (Fsp3) is 0.0952. The van der Waals surface area contributed by atoms with Crippen molar-refractivity contribution in [2.75, 3.05) is 5.32 Å². The Morgan fingerprint density at radius 2 is 1.73 bits per heavy atom. The molecule has 0 saturated heterocycles. The molecule has 0 atom stereocenters. The summed E-state index contributed by atoms with van der Waals surface area (Å²) in [6.07, 6.45) is 0. The van der Waals surface area contributed by atoms with Crippen LogP contribution in [0, 0.1) is 19.7 Å². The van der Waals surface area contributed by atoms with Gasteiger partial charge in [-0.25, -0.2) is 9.37 Å². The number of rotatable bonds is 3. The molecule has 0 radical (unpaired) electrons. The lowest BCUT2D eigenvalue weighted by molar-refractivity contribution is 0.631. The van der Waals surface area contributed by atoms with E-state index in [1.807, 2.05) is 60.7 Å². The second-order valence-corrected chi connectivity index (χ2v) is 6.61. The first kappa shape index (κ1) is 16.6. The molecule has 0 spiro atoms. The van der Waals surface area contributed by atoms with Crippen molar-refractivity contribution in [3.8, 4) is 11.3 Å². The fourth-order valence-electron chi connectivity index (χ4n) is 3.11. The van der Waals surface area contributed by atoms with Crippen LogP contribution >= 0.6 is 11.6 Å². The van der Waals surface area contributed by atoms with Crippen molar-refractivity contribution in [2.45, 2.75) is 13.8 Å². The molecule has 0 aliphatic heterocycles. The SMILES string of the molecule is Cc1ccccc1Nc1c(-c2c(F)cccc2Cl)nc2cccc(C)n12. The minimum atomic E-state index is -0.397. The predicted molar refractivity (Wildman–Crippen MR) is 105 cm³/mol. The summed E-state index contributed by atoms with van der Waals surface area (Å²) < 4.78 is 16.6. The third kappa shape index (κ3) is 2.72. The van der Waals surface area contributed by atoms with Gasteiger partial charge in [-0.05, 0) is 49.7 Å². The number of pyridine rings is 1. The van der Waals surface area contributed by atoms with Crippen LogP contribution in [0.5, 0.6) is 0 Å². The van der Waals surface area contributed by atoms with Crippen LogP contribution in [0.4, 0.5) is 15.9 Å². The fourth-order valence-corrected chi connectivity index (χ4v) is 3.36. The highest BCUT2D eigenvalue weighted by Crippen LogP contribution is 2.37. The molecule has 2 aromatic carbocycles. The first-order chi connectivity index (χ1) is 12.6. The van der Waals surface area contributed by atoms with E-state index in [-0.39, 0.29) is 0 Å². The normalized spacial score (nSPS) is 11.1. The van der Waals surface area contributed by atoms with Crippen LogP contribution in [-0.4, -0.2) is 9.38 Å². The van der Waals surface area contributed by atoms with Crippen molar-refractivity contribution in [3.05, 3.63) is 82.8 Å². The van der Waals surface area contributed by atoms with Gasteiger partial charge in [0, 0.05) is 11.4 Å². The van der Waals surface area contributed by atoms with E-state index in [1.54, 1.807) is 12.1 Å². The maximum atomic E-state index is 14.6. The summed E-state index contributed by atoms with van der Waals surface area (Å²) in [5.74, 6) is 0.297. The minimum Gasteiger partial charge on any atom is -0.339 e. The first-order valence-electron chi connectivity index (χ1n) is 8.31. The number of fused-ring (bicyclic) bond motifs is 1. The van der Waals surface area contributed by atoms with Crippen LogP contribution in [0.15, 0.2) is 60.7 Å². The largest absolute Gasteiger partial charge is 0.339 e. The van der Waals surface area contributed by atoms with Gasteiger partial charge in [0.05, 0.1) is 10.6 Å². The maximum Gasteiger partial charge on any atom is 0.143 e. The molecule has 0 unspecified atom stereocenters. The molecule has 130 valence electrons. The molecule has 0 bridgehead atoms. The van der Waals surface area contributed by atoms with E-state index in [9.17, 15) is 4.39 Å². The van der Waals surface area contributed by atoms with E-state index in [0.717, 1.165) is 22.6 Å². The number of para-hydroxylation sites is 1. The Hall–Kier alpha value is -2.85. The summed E-state index contributed by atoms with van der Waals surface area (Å²) in [5.41, 5.74) is 4.53. The van der Waals surface area contributed by atoms with Crippen molar-refractivity contribution in [1.29, 1.82) is 0 Å². The number of aromatic nitrogens is 2. The lowest BCUT2D eigenvalue weighted by Gasteiger charge is -2.13. The number of hydrogen-bond donors (Lipinski definition) is 1. The second-order valence-electron chi connectivity index (χ2n) is 6.21. The van der Waals surface area contributed by atoms with Gasteiger partial charge in [0.25, 0.3) is 0 Å². The lowest BCUT2D eigenvalue weighted by Crippen LogP contribution is -2.01. The quantitative estimate of drug-likeness (QED) is 0.471. The van der Waals surface area contributed by atoms with Crippen LogP contribution in [0.1, 0.15) is 11.3 Å². The number of aryl methyl sites for hydroxylation is 2. The maximum absolute atomic E-state index is 14.6. The van der Waals surface area contributed by atoms with Crippen LogP contribution in [-0.2, 0) is 0 Å². The van der Waals surface area contributed by atoms with Crippen molar-refractivity contribution in [2.24, 2.45) is 0 Å². The van der Waals surface area contributed by atoms with Gasteiger partial charge < -0.3 is 5.32 Å². The molecule has 4 rings (SSSR count). The molecule has 2 heterocycles. The molecule has 5 heteroatoms. The van der Waals surface area contributed by atoms with Gasteiger partial charge >= 0.3 is 0 Å². The molecule has 3 nitrogen and oxygen atoms in total. The topological polar surface area (TPSA) is 29.3 Å². The van der Waals surface area contributed by atoms with Crippen molar-refractivity contribution in [1.82, 2.24) is 9.38 Å². The average Bonchev–Trinajstić information content (AvgIpc) is 2.96. The molecule has 0 amide bonds. The summed E-state index contributed by atoms with van der Waals surface area (Å²) in [5, 5.41) is 3.77. The second kappa shape index (κ2) is 6.46. The van der Waals surface area contributed by atoms with E-state index in [4.69, 9.17) is 11.6 Å². The van der Waals surface area contributed by atoms with Gasteiger partial charge in [-0.3, -0.25) is 4.40 Å². The zero-order chi connectivity index (χ0) is 18.3. The van der Waals surface area contributed by atoms with Gasteiger partial charge in [-0.15, -0.1) is 0 Å². The van der Waals surface area contributed by atoms with Gasteiger partial charge in [0.1, 0.15) is 23.0 Å². The van der Waals surface area contributed by atoms with E-state index in [2.05, 4.69) is 10.3 Å². The number of halogens is 2. The number of imidazole rings is 1. The van der Waals surface area contributed by atoms with Crippen LogP contribution in [0.3, 0.4) is 0 Å². The average molecular weight is 366 g/mol. The molecule has 0 aliphatic carbocycles. The number of hydrogen-bond acceptors (Lipinski definition) is 2. The van der Waals surface area contributed by atoms with E-state index in [1.165, 1.54) is 6.07 Å². The highest BCUT2D eigenvalue weighted by molar-refractivity contribution is 6.33. The summed E-state index contributed by atoms with van der Waals surface area (Å²) >= 11 is 6.32. The summed E-state index contributed by atoms with van der Waals surface area (Å²) in [6.45, 7) is 4.01. The molecule has 26 heavy (non-hydrogen) atoms. The molecule has 2 aromatic heterocycles. The standard InChI is InChI=1S/C21H17ClFN3/c1-13-7-3-4-11-17(13)24-21-20(19-15(22)9-6-10-16(19)23)25-18-12-5-8-14(2)26(18)21/h3-12,24H,1-2H3. The Balaban J connectivity index is 2.02. The van der Waals surface area contributed by atoms with Crippen LogP contribution < -0.4 is 5.32 Å². The highest BCUT2D eigenvalue weighted by atomic mass is 35.5. The molecule has 0 aliphatic rings. The third-order valence-electron chi connectivity index (χ3n) is 4.44. The van der Waals surface area contributed by atoms with E-state index < -0.39 is 5.82 Å². The zero-order valence-corrected chi connectivity index (χ0v) is 15.2. The molecular formula is C21H17ClFN3. The molecular weight excluding hydrogens is 349 g/mol. The highest BCUT2D eigenvalue weighted by Gasteiger charge is 2.21. The first-order valence-corrected chi connectivity index (χ1v) is 8.69. The monoisotopic (exact) mass is 365 g/mol. The zero-order valence-electron chi connectivity index (χ0n) is 14.4. The predicted octanol–water partition coefficient (Wildman–Crippen LogP) is 6.15. The Morgan fingerprint density at radius 3 is 2.50 bits per heavy atom. The number of anilines is 2. The van der Waals surface area contributed by atoms with Gasteiger partial charge in [-0.1, -0.05) is 41.9 Å². The Kier molecular flexibility index (Phi) is 4.13. The Labute approximate surface area is 156 Å². The van der Waals surface area contributed by atoms with E-state index >= 15 is 0 Å². The smallest absolute Gasteiger partial charge is 0.143 e. The third-order valence-corrected chi connectivity index (χ3v) is 4.75. The molecule has 4 aromatic rings. The molecule has 0 saturated carbocycles. The number of nitrogens with one attached hydrogen (secondary N) is 1. The van der Waals surface area contributed by atoms with Gasteiger partial charge in [0.15, 0.2) is 0 Å². The van der Waals surface area contributed by atoms with Crippen LogP contribution in [0.2, 0.25) is 5.02 Å². The number of benzene rings is 2. The Morgan fingerprint density at radius 1 is 0.962 bits per heavy atom. The minimum absolute atomic E-state index is 0.299. The van der Waals surface area contributed by atoms with Crippen LogP contribution in [0.25, 0.3) is 16.9 Å². The van der Waals surface area contributed by atoms with E-state index in [0.29, 0.717) is 22.1 Å². The van der Waals surface area contributed by atoms with Crippen molar-refractivity contribution in [3.63, 3.8) is 0 Å². The summed E-state index contributed by atoms with van der Waals surface area (Å²) in [4.78, 5) is 4.67. The van der Waals surface area contributed by atoms with Gasteiger partial charge in [0.2, 0.25) is 0 Å². The molecule has 0 fully saturated rings. The van der Waals surface area contributed by atoms with Crippen molar-refractivity contribution >= 4 is 28.8 Å². The summed E-state index contributed by atoms with van der Waals surface area (Å²) in [6, 6.07) is 18.4. The summed E-state index contributed by atoms with van der Waals surface area (Å²) in [7, 11) is 0.